The Hall–Kier alpha value is -2.34. The van der Waals surface area contributed by atoms with Crippen LogP contribution >= 0.6 is 0 Å². The molecule has 0 spiro atoms. The van der Waals surface area contributed by atoms with E-state index in [4.69, 9.17) is 9.47 Å². The molecule has 6 nitrogen and oxygen atoms in total. The number of amides is 1. The number of carbonyl (C=O) groups is 1. The zero-order valence-electron chi connectivity index (χ0n) is 12.7. The van der Waals surface area contributed by atoms with Gasteiger partial charge in [0.2, 0.25) is 5.88 Å². The first kappa shape index (κ1) is 14.6. The zero-order chi connectivity index (χ0) is 15.6. The summed E-state index contributed by atoms with van der Waals surface area (Å²) in [6.45, 7) is 0.577. The number of aryl methyl sites for hydroxylation is 1. The van der Waals surface area contributed by atoms with E-state index in [0.29, 0.717) is 24.7 Å². The van der Waals surface area contributed by atoms with Crippen LogP contribution in [0.15, 0.2) is 36.4 Å². The van der Waals surface area contributed by atoms with Crippen LogP contribution in [0.2, 0.25) is 0 Å². The van der Waals surface area contributed by atoms with E-state index in [1.54, 1.807) is 24.9 Å². The van der Waals surface area contributed by atoms with E-state index in [1.807, 2.05) is 30.3 Å². The van der Waals surface area contributed by atoms with Gasteiger partial charge in [0.1, 0.15) is 0 Å². The lowest BCUT2D eigenvalue weighted by molar-refractivity contribution is -0.136. The van der Waals surface area contributed by atoms with Crippen LogP contribution in [0.3, 0.4) is 0 Å². The number of carbonyl (C=O) groups excluding carboxylic acids is 1. The van der Waals surface area contributed by atoms with Crippen molar-refractivity contribution >= 4 is 11.7 Å². The van der Waals surface area contributed by atoms with Crippen molar-refractivity contribution in [3.05, 3.63) is 42.0 Å². The van der Waals surface area contributed by atoms with Gasteiger partial charge in [0.15, 0.2) is 11.4 Å². The molecule has 116 valence electrons. The molecule has 1 N–H and O–H groups in total. The smallest absolute Gasteiger partial charge is 0.262 e. The number of nitrogens with zero attached hydrogens (tertiary/aromatic N) is 2. The summed E-state index contributed by atoms with van der Waals surface area (Å²) in [7, 11) is 3.32. The molecule has 1 aromatic heterocycles. The highest BCUT2D eigenvalue weighted by atomic mass is 16.5. The normalized spacial score (nSPS) is 20.8. The van der Waals surface area contributed by atoms with Gasteiger partial charge in [-0.05, 0) is 18.4 Å². The predicted octanol–water partition coefficient (Wildman–Crippen LogP) is 2.07. The topological polar surface area (TPSA) is 65.4 Å². The van der Waals surface area contributed by atoms with Gasteiger partial charge in [-0.1, -0.05) is 30.3 Å². The van der Waals surface area contributed by atoms with E-state index in [-0.39, 0.29) is 5.91 Å². The van der Waals surface area contributed by atoms with Gasteiger partial charge in [0.05, 0.1) is 7.11 Å². The Kier molecular flexibility index (Phi) is 3.85. The van der Waals surface area contributed by atoms with Crippen LogP contribution in [-0.4, -0.2) is 29.4 Å². The average Bonchev–Trinajstić information content (AvgIpc) is 3.15. The second kappa shape index (κ2) is 5.81. The lowest BCUT2D eigenvalue weighted by Gasteiger charge is -2.27. The fraction of sp³-hybridized carbons (Fsp3) is 0.375. The van der Waals surface area contributed by atoms with E-state index in [9.17, 15) is 4.79 Å². The number of aromatic nitrogens is 2. The molecule has 1 aromatic carbocycles. The fourth-order valence-electron chi connectivity index (χ4n) is 2.80. The van der Waals surface area contributed by atoms with E-state index in [0.717, 1.165) is 12.0 Å². The Morgan fingerprint density at radius 1 is 1.41 bits per heavy atom. The maximum Gasteiger partial charge on any atom is 0.262 e. The Balaban J connectivity index is 1.87. The summed E-state index contributed by atoms with van der Waals surface area (Å²) in [5.74, 6) is 0.837. The molecular formula is C16H19N3O3. The molecule has 6 heteroatoms. The third-order valence-electron chi connectivity index (χ3n) is 3.92. The van der Waals surface area contributed by atoms with Crippen molar-refractivity contribution in [1.82, 2.24) is 9.78 Å². The van der Waals surface area contributed by atoms with Crippen molar-refractivity contribution < 1.29 is 14.3 Å². The highest BCUT2D eigenvalue weighted by molar-refractivity contribution is 5.97. The molecular weight excluding hydrogens is 282 g/mol. The third-order valence-corrected chi connectivity index (χ3v) is 3.92. The average molecular weight is 301 g/mol. The molecule has 1 saturated heterocycles. The Labute approximate surface area is 129 Å². The van der Waals surface area contributed by atoms with Gasteiger partial charge >= 0.3 is 0 Å². The number of hydrogen-bond acceptors (Lipinski definition) is 4. The molecule has 22 heavy (non-hydrogen) atoms. The Bertz CT molecular complexity index is 661. The van der Waals surface area contributed by atoms with Crippen molar-refractivity contribution in [2.45, 2.75) is 18.4 Å². The molecule has 1 aliphatic heterocycles. The van der Waals surface area contributed by atoms with Crippen LogP contribution in [0.1, 0.15) is 18.4 Å². The number of anilines is 1. The fourth-order valence-corrected chi connectivity index (χ4v) is 2.80. The van der Waals surface area contributed by atoms with Crippen LogP contribution in [0.4, 0.5) is 5.82 Å². The van der Waals surface area contributed by atoms with Crippen molar-refractivity contribution in [1.29, 1.82) is 0 Å². The SMILES string of the molecule is COc1cc(NC(=O)C2(c3ccccc3)CCCO2)nn1C. The van der Waals surface area contributed by atoms with Crippen LogP contribution in [-0.2, 0) is 22.2 Å². The summed E-state index contributed by atoms with van der Waals surface area (Å²) in [6.07, 6.45) is 1.51. The first-order valence-electron chi connectivity index (χ1n) is 7.25. The summed E-state index contributed by atoms with van der Waals surface area (Å²) in [5, 5.41) is 7.06. The molecule has 1 amide bonds. The lowest BCUT2D eigenvalue weighted by atomic mass is 9.90. The van der Waals surface area contributed by atoms with Crippen molar-refractivity contribution in [3.63, 3.8) is 0 Å². The molecule has 2 aromatic rings. The maximum atomic E-state index is 12.8. The molecule has 0 saturated carbocycles. The summed E-state index contributed by atoms with van der Waals surface area (Å²) in [6, 6.07) is 11.3. The largest absolute Gasteiger partial charge is 0.481 e. The number of ether oxygens (including phenoxy) is 2. The monoisotopic (exact) mass is 301 g/mol. The standard InChI is InChI=1S/C16H19N3O3/c1-19-14(21-2)11-13(18-19)17-15(20)16(9-6-10-22-16)12-7-4-3-5-8-12/h3-5,7-8,11H,6,9-10H2,1-2H3,(H,17,18,20). The van der Waals surface area contributed by atoms with Crippen LogP contribution < -0.4 is 10.1 Å². The molecule has 0 radical (unpaired) electrons. The number of methoxy groups -OCH3 is 1. The first-order chi connectivity index (χ1) is 10.7. The van der Waals surface area contributed by atoms with E-state index in [1.165, 1.54) is 0 Å². The van der Waals surface area contributed by atoms with Gasteiger partial charge in [-0.25, -0.2) is 4.68 Å². The molecule has 0 bridgehead atoms. The number of benzene rings is 1. The molecule has 1 unspecified atom stereocenters. The highest BCUT2D eigenvalue weighted by Crippen LogP contribution is 2.37. The van der Waals surface area contributed by atoms with Gasteiger partial charge in [-0.3, -0.25) is 4.79 Å². The molecule has 1 aliphatic rings. The van der Waals surface area contributed by atoms with E-state index < -0.39 is 5.60 Å². The minimum Gasteiger partial charge on any atom is -0.481 e. The minimum absolute atomic E-state index is 0.197. The Morgan fingerprint density at radius 2 is 2.18 bits per heavy atom. The maximum absolute atomic E-state index is 12.8. The number of rotatable bonds is 4. The van der Waals surface area contributed by atoms with Crippen molar-refractivity contribution in [2.75, 3.05) is 19.0 Å². The van der Waals surface area contributed by atoms with Crippen molar-refractivity contribution in [2.24, 2.45) is 7.05 Å². The van der Waals surface area contributed by atoms with E-state index in [2.05, 4.69) is 10.4 Å². The van der Waals surface area contributed by atoms with Gasteiger partial charge in [0, 0.05) is 19.7 Å². The quantitative estimate of drug-likeness (QED) is 0.939. The third kappa shape index (κ3) is 2.46. The lowest BCUT2D eigenvalue weighted by Crippen LogP contribution is -2.39. The summed E-state index contributed by atoms with van der Waals surface area (Å²) >= 11 is 0. The summed E-state index contributed by atoms with van der Waals surface area (Å²) in [4.78, 5) is 12.8. The zero-order valence-corrected chi connectivity index (χ0v) is 12.7. The van der Waals surface area contributed by atoms with Crippen LogP contribution in [0.25, 0.3) is 0 Å². The van der Waals surface area contributed by atoms with Crippen molar-refractivity contribution in [3.8, 4) is 5.88 Å². The number of nitrogens with one attached hydrogen (secondary N) is 1. The second-order valence-electron chi connectivity index (χ2n) is 5.29. The Morgan fingerprint density at radius 3 is 2.77 bits per heavy atom. The number of hydrogen-bond donors (Lipinski definition) is 1. The second-order valence-corrected chi connectivity index (χ2v) is 5.29. The minimum atomic E-state index is -0.938. The van der Waals surface area contributed by atoms with E-state index >= 15 is 0 Å². The molecule has 3 rings (SSSR count). The summed E-state index contributed by atoms with van der Waals surface area (Å²) < 4.78 is 12.6. The van der Waals surface area contributed by atoms with Gasteiger partial charge in [-0.15, -0.1) is 0 Å². The molecule has 1 atom stereocenters. The van der Waals surface area contributed by atoms with Crippen LogP contribution in [0.5, 0.6) is 5.88 Å². The summed E-state index contributed by atoms with van der Waals surface area (Å²) in [5.41, 5.74) is -0.0701. The molecule has 0 aliphatic carbocycles. The van der Waals surface area contributed by atoms with Gasteiger partial charge in [-0.2, -0.15) is 5.10 Å². The highest BCUT2D eigenvalue weighted by Gasteiger charge is 2.44. The first-order valence-corrected chi connectivity index (χ1v) is 7.25. The van der Waals surface area contributed by atoms with Gasteiger partial charge in [0.25, 0.3) is 5.91 Å². The molecule has 1 fully saturated rings. The predicted molar refractivity (Wildman–Crippen MR) is 81.7 cm³/mol. The molecule has 2 heterocycles. The van der Waals surface area contributed by atoms with Crippen LogP contribution in [0, 0.1) is 0 Å². The van der Waals surface area contributed by atoms with Gasteiger partial charge < -0.3 is 14.8 Å².